The molecule has 2 heterocycles. The Balaban J connectivity index is 1.89. The number of nitrogens with zero attached hydrogens (tertiary/aromatic N) is 1. The van der Waals surface area contributed by atoms with Crippen molar-refractivity contribution in [2.24, 2.45) is 11.7 Å². The number of likely N-dealkylation sites (tertiary alicyclic amines) is 1. The standard InChI is InChI=1S/C14H26N2O2/c1-11-5-4-7-16(13(11)10-15)14(17)9-12-6-2-3-8-18-12/h11-13H,2-10,15H2,1H3. The minimum Gasteiger partial charge on any atom is -0.378 e. The number of carbonyl (C=O) groups is 1. The van der Waals surface area contributed by atoms with Crippen LogP contribution in [0.4, 0.5) is 0 Å². The van der Waals surface area contributed by atoms with Crippen LogP contribution in [0.2, 0.25) is 0 Å². The van der Waals surface area contributed by atoms with Gasteiger partial charge < -0.3 is 15.4 Å². The smallest absolute Gasteiger partial charge is 0.225 e. The van der Waals surface area contributed by atoms with Gasteiger partial charge in [-0.05, 0) is 38.0 Å². The molecule has 2 aliphatic rings. The molecule has 0 aliphatic carbocycles. The molecule has 4 nitrogen and oxygen atoms in total. The van der Waals surface area contributed by atoms with Gasteiger partial charge in [0.2, 0.25) is 5.91 Å². The lowest BCUT2D eigenvalue weighted by Gasteiger charge is -2.40. The molecule has 2 rings (SSSR count). The van der Waals surface area contributed by atoms with Gasteiger partial charge in [-0.3, -0.25) is 4.79 Å². The zero-order valence-corrected chi connectivity index (χ0v) is 11.4. The maximum Gasteiger partial charge on any atom is 0.225 e. The quantitative estimate of drug-likeness (QED) is 0.831. The molecule has 0 aromatic carbocycles. The van der Waals surface area contributed by atoms with Crippen LogP contribution in [-0.4, -0.2) is 42.6 Å². The first-order chi connectivity index (χ1) is 8.72. The number of amides is 1. The molecule has 2 N–H and O–H groups in total. The van der Waals surface area contributed by atoms with E-state index in [-0.39, 0.29) is 18.1 Å². The van der Waals surface area contributed by atoms with Gasteiger partial charge in [0.15, 0.2) is 0 Å². The monoisotopic (exact) mass is 254 g/mol. The van der Waals surface area contributed by atoms with Gasteiger partial charge in [-0.15, -0.1) is 0 Å². The first kappa shape index (κ1) is 13.8. The number of nitrogens with two attached hydrogens (primary N) is 1. The van der Waals surface area contributed by atoms with Crippen LogP contribution in [0.25, 0.3) is 0 Å². The summed E-state index contributed by atoms with van der Waals surface area (Å²) >= 11 is 0. The number of ether oxygens (including phenoxy) is 1. The first-order valence-corrected chi connectivity index (χ1v) is 7.33. The van der Waals surface area contributed by atoms with Crippen molar-refractivity contribution in [2.45, 2.75) is 57.6 Å². The summed E-state index contributed by atoms with van der Waals surface area (Å²) < 4.78 is 5.66. The molecule has 1 amide bonds. The molecule has 0 radical (unpaired) electrons. The summed E-state index contributed by atoms with van der Waals surface area (Å²) in [4.78, 5) is 14.4. The van der Waals surface area contributed by atoms with Crippen molar-refractivity contribution in [3.63, 3.8) is 0 Å². The minimum absolute atomic E-state index is 0.141. The molecule has 104 valence electrons. The van der Waals surface area contributed by atoms with E-state index in [1.807, 2.05) is 4.90 Å². The predicted molar refractivity (Wildman–Crippen MR) is 71.2 cm³/mol. The Morgan fingerprint density at radius 1 is 1.33 bits per heavy atom. The van der Waals surface area contributed by atoms with Crippen LogP contribution in [0, 0.1) is 5.92 Å². The van der Waals surface area contributed by atoms with E-state index in [9.17, 15) is 4.79 Å². The second-order valence-corrected chi connectivity index (χ2v) is 5.70. The third-order valence-electron chi connectivity index (χ3n) is 4.35. The Kier molecular flexibility index (Phi) is 5.01. The molecular weight excluding hydrogens is 228 g/mol. The summed E-state index contributed by atoms with van der Waals surface area (Å²) in [6.45, 7) is 4.47. The zero-order valence-electron chi connectivity index (χ0n) is 11.4. The fourth-order valence-electron chi connectivity index (χ4n) is 3.20. The van der Waals surface area contributed by atoms with Crippen LogP contribution in [0.1, 0.15) is 45.4 Å². The van der Waals surface area contributed by atoms with E-state index < -0.39 is 0 Å². The maximum absolute atomic E-state index is 12.4. The highest BCUT2D eigenvalue weighted by Crippen LogP contribution is 2.25. The lowest BCUT2D eigenvalue weighted by atomic mass is 9.90. The van der Waals surface area contributed by atoms with Gasteiger partial charge in [-0.25, -0.2) is 0 Å². The highest BCUT2D eigenvalue weighted by Gasteiger charge is 2.32. The van der Waals surface area contributed by atoms with Crippen molar-refractivity contribution < 1.29 is 9.53 Å². The summed E-state index contributed by atoms with van der Waals surface area (Å²) in [5, 5.41) is 0. The Labute approximate surface area is 110 Å². The van der Waals surface area contributed by atoms with Crippen molar-refractivity contribution in [1.29, 1.82) is 0 Å². The van der Waals surface area contributed by atoms with Crippen LogP contribution >= 0.6 is 0 Å². The fourth-order valence-corrected chi connectivity index (χ4v) is 3.20. The molecular formula is C14H26N2O2. The SMILES string of the molecule is CC1CCCN(C(=O)CC2CCCCO2)C1CN. The van der Waals surface area contributed by atoms with E-state index in [0.29, 0.717) is 18.9 Å². The molecule has 0 saturated carbocycles. The van der Waals surface area contributed by atoms with Crippen molar-refractivity contribution in [3.05, 3.63) is 0 Å². The zero-order chi connectivity index (χ0) is 13.0. The number of hydrogen-bond acceptors (Lipinski definition) is 3. The van der Waals surface area contributed by atoms with Gasteiger partial charge in [0, 0.05) is 25.7 Å². The van der Waals surface area contributed by atoms with Crippen molar-refractivity contribution in [3.8, 4) is 0 Å². The van der Waals surface area contributed by atoms with E-state index in [1.165, 1.54) is 12.8 Å². The Bertz CT molecular complexity index is 277. The Morgan fingerprint density at radius 2 is 2.17 bits per heavy atom. The van der Waals surface area contributed by atoms with E-state index in [4.69, 9.17) is 10.5 Å². The molecule has 0 aromatic heterocycles. The van der Waals surface area contributed by atoms with Gasteiger partial charge >= 0.3 is 0 Å². The molecule has 0 bridgehead atoms. The summed E-state index contributed by atoms with van der Waals surface area (Å²) in [7, 11) is 0. The number of piperidine rings is 1. The summed E-state index contributed by atoms with van der Waals surface area (Å²) in [5.41, 5.74) is 5.83. The minimum atomic E-state index is 0.141. The van der Waals surface area contributed by atoms with Gasteiger partial charge in [0.05, 0.1) is 12.5 Å². The number of carbonyl (C=O) groups excluding carboxylic acids is 1. The maximum atomic E-state index is 12.4. The Hall–Kier alpha value is -0.610. The number of hydrogen-bond donors (Lipinski definition) is 1. The van der Waals surface area contributed by atoms with Crippen molar-refractivity contribution in [2.75, 3.05) is 19.7 Å². The van der Waals surface area contributed by atoms with E-state index >= 15 is 0 Å². The second kappa shape index (κ2) is 6.53. The van der Waals surface area contributed by atoms with Gasteiger partial charge in [0.1, 0.15) is 0 Å². The molecule has 18 heavy (non-hydrogen) atoms. The average molecular weight is 254 g/mol. The molecule has 0 spiro atoms. The Morgan fingerprint density at radius 3 is 2.83 bits per heavy atom. The first-order valence-electron chi connectivity index (χ1n) is 7.33. The summed E-state index contributed by atoms with van der Waals surface area (Å²) in [6.07, 6.45) is 6.33. The van der Waals surface area contributed by atoms with E-state index in [2.05, 4.69) is 6.92 Å². The number of rotatable bonds is 3. The molecule has 2 fully saturated rings. The molecule has 2 saturated heterocycles. The largest absolute Gasteiger partial charge is 0.378 e. The van der Waals surface area contributed by atoms with Crippen LogP contribution in [0.3, 0.4) is 0 Å². The van der Waals surface area contributed by atoms with Crippen molar-refractivity contribution >= 4 is 5.91 Å². The summed E-state index contributed by atoms with van der Waals surface area (Å²) in [5.74, 6) is 0.767. The van der Waals surface area contributed by atoms with Gasteiger partial charge in [-0.2, -0.15) is 0 Å². The van der Waals surface area contributed by atoms with Crippen LogP contribution in [0.5, 0.6) is 0 Å². The van der Waals surface area contributed by atoms with Crippen LogP contribution in [0.15, 0.2) is 0 Å². The molecule has 2 aliphatic heterocycles. The highest BCUT2D eigenvalue weighted by molar-refractivity contribution is 5.77. The molecule has 4 heteroatoms. The highest BCUT2D eigenvalue weighted by atomic mass is 16.5. The molecule has 3 atom stereocenters. The summed E-state index contributed by atoms with van der Waals surface area (Å²) in [6, 6.07) is 0.231. The second-order valence-electron chi connectivity index (χ2n) is 5.70. The predicted octanol–water partition coefficient (Wildman–Crippen LogP) is 1.53. The normalized spacial score (nSPS) is 33.4. The molecule has 0 aromatic rings. The van der Waals surface area contributed by atoms with E-state index in [0.717, 1.165) is 32.4 Å². The average Bonchev–Trinajstić information content (AvgIpc) is 2.39. The topological polar surface area (TPSA) is 55.6 Å². The third kappa shape index (κ3) is 3.23. The lowest BCUT2D eigenvalue weighted by Crippen LogP contribution is -2.52. The van der Waals surface area contributed by atoms with Gasteiger partial charge in [0.25, 0.3) is 0 Å². The van der Waals surface area contributed by atoms with Crippen LogP contribution < -0.4 is 5.73 Å². The third-order valence-corrected chi connectivity index (χ3v) is 4.35. The lowest BCUT2D eigenvalue weighted by molar-refractivity contribution is -0.140. The van der Waals surface area contributed by atoms with Gasteiger partial charge in [-0.1, -0.05) is 6.92 Å². The van der Waals surface area contributed by atoms with E-state index in [1.54, 1.807) is 0 Å². The van der Waals surface area contributed by atoms with Crippen molar-refractivity contribution in [1.82, 2.24) is 4.90 Å². The molecule has 3 unspecified atom stereocenters. The van der Waals surface area contributed by atoms with Crippen LogP contribution in [-0.2, 0) is 9.53 Å². The fraction of sp³-hybridized carbons (Fsp3) is 0.929.